The van der Waals surface area contributed by atoms with Crippen molar-refractivity contribution in [2.24, 2.45) is 10.2 Å². The number of rotatable bonds is 6. The molecule has 1 aliphatic rings. The van der Waals surface area contributed by atoms with Gasteiger partial charge in [0, 0.05) is 28.4 Å². The lowest BCUT2D eigenvalue weighted by molar-refractivity contribution is -0.117. The maximum Gasteiger partial charge on any atom is 0.284 e. The van der Waals surface area contributed by atoms with Gasteiger partial charge in [-0.25, -0.2) is 10.4 Å². The van der Waals surface area contributed by atoms with Gasteiger partial charge in [0.05, 0.1) is 11.4 Å². The summed E-state index contributed by atoms with van der Waals surface area (Å²) in [6.45, 7) is 1.77. The number of amides is 2. The van der Waals surface area contributed by atoms with Gasteiger partial charge in [-0.3, -0.25) is 9.59 Å². The molecule has 9 nitrogen and oxygen atoms in total. The number of para-hydroxylation sites is 3. The van der Waals surface area contributed by atoms with E-state index in [4.69, 9.17) is 0 Å². The summed E-state index contributed by atoms with van der Waals surface area (Å²) in [7, 11) is 0. The molecule has 186 valence electrons. The van der Waals surface area contributed by atoms with Crippen molar-refractivity contribution in [2.45, 2.75) is 6.92 Å². The monoisotopic (exact) mass is 519 g/mol. The molecule has 0 saturated heterocycles. The first-order chi connectivity index (χ1) is 18.5. The van der Waals surface area contributed by atoms with Gasteiger partial charge in [-0.05, 0) is 49.0 Å². The van der Waals surface area contributed by atoms with E-state index in [2.05, 4.69) is 25.9 Å². The Bertz CT molecular complexity index is 1650. The molecule has 0 fully saturated rings. The third-order valence-corrected chi connectivity index (χ3v) is 6.69. The van der Waals surface area contributed by atoms with Gasteiger partial charge >= 0.3 is 0 Å². The second-order valence-electron chi connectivity index (χ2n) is 8.15. The van der Waals surface area contributed by atoms with Crippen LogP contribution in [-0.2, 0) is 9.59 Å². The summed E-state index contributed by atoms with van der Waals surface area (Å²) in [4.78, 5) is 29.3. The number of anilines is 2. The number of benzene rings is 3. The summed E-state index contributed by atoms with van der Waals surface area (Å²) in [5, 5.41) is 24.1. The molecule has 2 heterocycles. The van der Waals surface area contributed by atoms with E-state index in [1.54, 1.807) is 55.5 Å². The maximum atomic E-state index is 13.1. The largest absolute Gasteiger partial charge is 0.360 e. The van der Waals surface area contributed by atoms with E-state index < -0.39 is 11.8 Å². The molecule has 0 unspecified atom stereocenters. The molecule has 0 saturated carbocycles. The van der Waals surface area contributed by atoms with E-state index >= 15 is 0 Å². The molecule has 0 spiro atoms. The third kappa shape index (κ3) is 5.04. The number of aromatic nitrogens is 1. The van der Waals surface area contributed by atoms with Crippen LogP contribution >= 0.6 is 11.8 Å². The Hall–Kier alpha value is -5.14. The van der Waals surface area contributed by atoms with Crippen LogP contribution in [0.5, 0.6) is 0 Å². The highest BCUT2D eigenvalue weighted by Gasteiger charge is 2.32. The van der Waals surface area contributed by atoms with Gasteiger partial charge in [0.25, 0.3) is 11.8 Å². The van der Waals surface area contributed by atoms with E-state index in [1.807, 2.05) is 48.7 Å². The van der Waals surface area contributed by atoms with Gasteiger partial charge in [0.2, 0.25) is 0 Å². The number of aromatic amines is 1. The zero-order chi connectivity index (χ0) is 26.5. The molecule has 0 atom stereocenters. The summed E-state index contributed by atoms with van der Waals surface area (Å²) in [5.74, 6) is -1.17. The molecule has 0 radical (unpaired) electrons. The van der Waals surface area contributed by atoms with Gasteiger partial charge in [-0.2, -0.15) is 15.5 Å². The van der Waals surface area contributed by atoms with E-state index in [0.717, 1.165) is 28.2 Å². The van der Waals surface area contributed by atoms with Gasteiger partial charge in [-0.1, -0.05) is 54.6 Å². The van der Waals surface area contributed by atoms with Crippen LogP contribution in [0.25, 0.3) is 10.9 Å². The van der Waals surface area contributed by atoms with Crippen LogP contribution in [0.1, 0.15) is 12.5 Å². The van der Waals surface area contributed by atoms with Crippen LogP contribution in [0.4, 0.5) is 11.4 Å². The number of carbonyl (C=O) groups is 2. The van der Waals surface area contributed by atoms with Crippen molar-refractivity contribution in [2.75, 3.05) is 10.3 Å². The molecule has 1 aromatic heterocycles. The number of nitriles is 1. The summed E-state index contributed by atoms with van der Waals surface area (Å²) < 4.78 is 0. The van der Waals surface area contributed by atoms with Crippen molar-refractivity contribution in [3.05, 3.63) is 107 Å². The first-order valence-electron chi connectivity index (χ1n) is 11.6. The van der Waals surface area contributed by atoms with Crippen LogP contribution < -0.4 is 15.8 Å². The van der Waals surface area contributed by atoms with Gasteiger partial charge < -0.3 is 10.3 Å². The number of carbonyl (C=O) groups excluding carboxylic acids is 2. The Morgan fingerprint density at radius 3 is 2.42 bits per heavy atom. The van der Waals surface area contributed by atoms with Crippen molar-refractivity contribution in [1.29, 1.82) is 5.26 Å². The summed E-state index contributed by atoms with van der Waals surface area (Å²) in [6, 6.07) is 27.7. The first-order valence-corrected chi connectivity index (χ1v) is 12.4. The lowest BCUT2D eigenvalue weighted by atomic mass is 10.1. The van der Waals surface area contributed by atoms with E-state index in [-0.39, 0.29) is 15.6 Å². The standard InChI is InChI=1S/C28H21N7O2S/c1-18(23-17-30-24-15-9-8-14-21(23)24)32-33-25(36)22(16-29)28-35(20-12-6-3-7-13-20)34-27(38-28)26(37)31-19-10-4-2-5-11-19/h2-15,17,30H,1H3,(H,31,37)(H,33,36)/b28-22-,32-18+. The number of fused-ring (bicyclic) bond motifs is 1. The van der Waals surface area contributed by atoms with Crippen LogP contribution in [0.15, 0.2) is 112 Å². The minimum atomic E-state index is -0.713. The Balaban J connectivity index is 1.43. The zero-order valence-corrected chi connectivity index (χ0v) is 21.0. The number of hydrogen-bond donors (Lipinski definition) is 3. The summed E-state index contributed by atoms with van der Waals surface area (Å²) in [6.07, 6.45) is 1.81. The zero-order valence-electron chi connectivity index (χ0n) is 20.2. The number of thioether (sulfide) groups is 1. The Labute approximate surface area is 222 Å². The second-order valence-corrected chi connectivity index (χ2v) is 9.13. The van der Waals surface area contributed by atoms with E-state index in [1.165, 1.54) is 5.01 Å². The van der Waals surface area contributed by atoms with Crippen LogP contribution in [0.3, 0.4) is 0 Å². The molecule has 3 N–H and O–H groups in total. The van der Waals surface area contributed by atoms with Crippen molar-refractivity contribution in [3.8, 4) is 6.07 Å². The highest BCUT2D eigenvalue weighted by Crippen LogP contribution is 2.37. The molecular weight excluding hydrogens is 498 g/mol. The molecule has 2 amide bonds. The summed E-state index contributed by atoms with van der Waals surface area (Å²) in [5.41, 5.74) is 5.80. The van der Waals surface area contributed by atoms with E-state index in [9.17, 15) is 14.9 Å². The van der Waals surface area contributed by atoms with Crippen molar-refractivity contribution < 1.29 is 9.59 Å². The number of nitrogens with one attached hydrogen (secondary N) is 3. The quantitative estimate of drug-likeness (QED) is 0.144. The fourth-order valence-electron chi connectivity index (χ4n) is 3.81. The smallest absolute Gasteiger partial charge is 0.284 e. The number of H-pyrrole nitrogens is 1. The minimum Gasteiger partial charge on any atom is -0.360 e. The van der Waals surface area contributed by atoms with Crippen molar-refractivity contribution >= 4 is 56.6 Å². The molecule has 5 rings (SSSR count). The summed E-state index contributed by atoms with van der Waals surface area (Å²) >= 11 is 0.943. The predicted octanol–water partition coefficient (Wildman–Crippen LogP) is 4.95. The second kappa shape index (κ2) is 10.9. The average molecular weight is 520 g/mol. The van der Waals surface area contributed by atoms with Crippen LogP contribution in [0.2, 0.25) is 0 Å². The maximum absolute atomic E-state index is 13.1. The van der Waals surface area contributed by atoms with Gasteiger partial charge in [-0.15, -0.1) is 0 Å². The molecule has 1 aliphatic heterocycles. The fraction of sp³-hybridized carbons (Fsp3) is 0.0357. The highest BCUT2D eigenvalue weighted by atomic mass is 32.2. The Morgan fingerprint density at radius 1 is 1.00 bits per heavy atom. The third-order valence-electron chi connectivity index (χ3n) is 5.66. The fourth-order valence-corrected chi connectivity index (χ4v) is 4.73. The average Bonchev–Trinajstić information content (AvgIpc) is 3.59. The van der Waals surface area contributed by atoms with Gasteiger partial charge in [0.1, 0.15) is 11.1 Å². The molecule has 0 aliphatic carbocycles. The molecule has 38 heavy (non-hydrogen) atoms. The van der Waals surface area contributed by atoms with Crippen molar-refractivity contribution in [1.82, 2.24) is 10.4 Å². The molecule has 4 aromatic rings. The predicted molar refractivity (Wildman–Crippen MR) is 150 cm³/mol. The molecule has 10 heteroatoms. The Morgan fingerprint density at radius 2 is 1.68 bits per heavy atom. The number of hydrogen-bond acceptors (Lipinski definition) is 7. The van der Waals surface area contributed by atoms with E-state index in [0.29, 0.717) is 17.1 Å². The molecule has 3 aromatic carbocycles. The number of hydrazone groups is 2. The lowest BCUT2D eigenvalue weighted by Crippen LogP contribution is -2.24. The molecule has 0 bridgehead atoms. The van der Waals surface area contributed by atoms with Crippen molar-refractivity contribution in [3.63, 3.8) is 0 Å². The normalized spacial score (nSPS) is 14.6. The number of nitrogens with zero attached hydrogens (tertiary/aromatic N) is 4. The van der Waals surface area contributed by atoms with Gasteiger partial charge in [0.15, 0.2) is 10.6 Å². The van der Waals surface area contributed by atoms with Crippen LogP contribution in [0, 0.1) is 11.3 Å². The topological polar surface area (TPSA) is 126 Å². The highest BCUT2D eigenvalue weighted by molar-refractivity contribution is 8.19. The Kier molecular flexibility index (Phi) is 7.02. The molecular formula is C28H21N7O2S. The van der Waals surface area contributed by atoms with Crippen LogP contribution in [-0.4, -0.2) is 27.6 Å². The minimum absolute atomic E-state index is 0.0896. The first kappa shape index (κ1) is 24.5. The lowest BCUT2D eigenvalue weighted by Gasteiger charge is -2.16. The SMILES string of the molecule is C/C(=N\NC(=O)/C(C#N)=C1\SC(C(=O)Nc2ccccc2)=NN1c1ccccc1)c1c[nH]c2ccccc12.